The Kier molecular flexibility index (Phi) is 21.8. The number of nitrogens with zero attached hydrogens (tertiary/aromatic N) is 1. The second-order valence-corrected chi connectivity index (χ2v) is 14.1. The highest BCUT2D eigenvalue weighted by Gasteiger charge is 2.25. The summed E-state index contributed by atoms with van der Waals surface area (Å²) in [5.74, 6) is -1.14. The lowest BCUT2D eigenvalue weighted by Crippen LogP contribution is -2.51. The van der Waals surface area contributed by atoms with Crippen molar-refractivity contribution in [1.82, 2.24) is 20.3 Å². The number of halogens is 2. The summed E-state index contributed by atoms with van der Waals surface area (Å²) in [6.45, 7) is 15.6. The van der Waals surface area contributed by atoms with Gasteiger partial charge in [0.2, 0.25) is 11.8 Å². The molecule has 2 amide bonds. The summed E-state index contributed by atoms with van der Waals surface area (Å²) in [5.41, 5.74) is 7.91. The Labute approximate surface area is 296 Å². The minimum atomic E-state index is -0.912. The Bertz CT molecular complexity index is 1340. The molecule has 8 nitrogen and oxygen atoms in total. The number of rotatable bonds is 16. The summed E-state index contributed by atoms with van der Waals surface area (Å²) in [6.07, 6.45) is 0.733. The van der Waals surface area contributed by atoms with Crippen molar-refractivity contribution in [2.75, 3.05) is 31.9 Å². The quantitative estimate of drug-likeness (QED) is 0.0846. The van der Waals surface area contributed by atoms with Gasteiger partial charge >= 0.3 is 0 Å². The highest BCUT2D eigenvalue weighted by atomic mass is 32.2. The number of carbonyl (C=O) groups is 2. The molecule has 0 fully saturated rings. The smallest absolute Gasteiger partial charge is 0.239 e. The van der Waals surface area contributed by atoms with Gasteiger partial charge in [-0.25, -0.2) is 13.1 Å². The maximum atomic E-state index is 13.3. The molecule has 0 bridgehead atoms. The van der Waals surface area contributed by atoms with Crippen LogP contribution >= 0.6 is 11.9 Å². The van der Waals surface area contributed by atoms with Crippen molar-refractivity contribution in [1.29, 1.82) is 0 Å². The first-order valence-corrected chi connectivity index (χ1v) is 17.7. The van der Waals surface area contributed by atoms with Gasteiger partial charge in [0.15, 0.2) is 0 Å². The fraction of sp³-hybridized carbons (Fsp3) is 0.474. The van der Waals surface area contributed by atoms with Gasteiger partial charge < -0.3 is 26.8 Å². The summed E-state index contributed by atoms with van der Waals surface area (Å²) in [5, 5.41) is 19.5. The lowest BCUT2D eigenvalue weighted by molar-refractivity contribution is -0.126. The molecule has 11 heteroatoms. The largest absolute Gasteiger partial charge is 0.399 e. The number of anilines is 1. The van der Waals surface area contributed by atoms with Crippen LogP contribution in [-0.2, 0) is 22.6 Å². The zero-order chi connectivity index (χ0) is 36.8. The van der Waals surface area contributed by atoms with Crippen molar-refractivity contribution in [3.05, 3.63) is 95.6 Å². The van der Waals surface area contributed by atoms with Crippen LogP contribution in [0.2, 0.25) is 0 Å². The molecular weight excluding hydrogens is 645 g/mol. The van der Waals surface area contributed by atoms with Crippen LogP contribution in [0.5, 0.6) is 0 Å². The summed E-state index contributed by atoms with van der Waals surface area (Å²) >= 11 is 1.50. The van der Waals surface area contributed by atoms with E-state index in [1.807, 2.05) is 54.6 Å². The molecular formula is C38H57F2N5O3S. The van der Waals surface area contributed by atoms with Gasteiger partial charge in [-0.3, -0.25) is 9.59 Å². The average molecular weight is 702 g/mol. The van der Waals surface area contributed by atoms with E-state index < -0.39 is 35.6 Å². The molecule has 2 atom stereocenters. The third kappa shape index (κ3) is 21.2. The van der Waals surface area contributed by atoms with E-state index in [1.54, 1.807) is 0 Å². The van der Waals surface area contributed by atoms with Gasteiger partial charge in [-0.05, 0) is 71.7 Å². The highest BCUT2D eigenvalue weighted by Crippen LogP contribution is 2.26. The third-order valence-corrected chi connectivity index (χ3v) is 7.17. The van der Waals surface area contributed by atoms with Crippen LogP contribution in [0.1, 0.15) is 66.0 Å². The maximum absolute atomic E-state index is 13.3. The van der Waals surface area contributed by atoms with E-state index in [4.69, 9.17) is 5.73 Å². The number of nitrogen functional groups attached to an aromatic ring is 1. The SMILES string of the molecule is CC(C)C.CC(C)CN(CC(O)[C@H](Cc1ccccc1)NC(=O)CNC(=O)CNCc1cc(F)cc(F)c1)Sc1cccc(N)c1.CCC. The van der Waals surface area contributed by atoms with Crippen LogP contribution in [0.4, 0.5) is 14.5 Å². The fourth-order valence-corrected chi connectivity index (χ4v) is 5.52. The number of hydrogen-bond donors (Lipinski definition) is 5. The Morgan fingerprint density at radius 2 is 1.45 bits per heavy atom. The number of nitrogens with one attached hydrogen (secondary N) is 3. The number of nitrogens with two attached hydrogens (primary N) is 1. The molecule has 0 saturated carbocycles. The molecule has 49 heavy (non-hydrogen) atoms. The van der Waals surface area contributed by atoms with Crippen molar-refractivity contribution < 1.29 is 23.5 Å². The third-order valence-electron chi connectivity index (χ3n) is 6.14. The van der Waals surface area contributed by atoms with E-state index in [0.29, 0.717) is 30.1 Å². The van der Waals surface area contributed by atoms with E-state index in [0.717, 1.165) is 22.4 Å². The normalized spacial score (nSPS) is 12.0. The summed E-state index contributed by atoms with van der Waals surface area (Å²) in [6, 6.07) is 19.6. The number of benzene rings is 3. The van der Waals surface area contributed by atoms with E-state index in [2.05, 4.69) is 68.7 Å². The van der Waals surface area contributed by atoms with Crippen molar-refractivity contribution in [2.45, 2.75) is 84.9 Å². The molecule has 0 aliphatic rings. The average Bonchev–Trinajstić information content (AvgIpc) is 2.99. The molecule has 0 saturated heterocycles. The van der Waals surface area contributed by atoms with E-state index in [1.165, 1.54) is 30.5 Å². The summed E-state index contributed by atoms with van der Waals surface area (Å²) in [7, 11) is 0. The molecule has 0 heterocycles. The number of amides is 2. The molecule has 0 spiro atoms. The van der Waals surface area contributed by atoms with Gasteiger partial charge in [-0.1, -0.05) is 91.3 Å². The van der Waals surface area contributed by atoms with Crippen LogP contribution in [0.3, 0.4) is 0 Å². The molecule has 3 aromatic rings. The topological polar surface area (TPSA) is 120 Å². The first-order valence-electron chi connectivity index (χ1n) is 16.9. The molecule has 0 aliphatic heterocycles. The lowest BCUT2D eigenvalue weighted by atomic mass is 10.0. The highest BCUT2D eigenvalue weighted by molar-refractivity contribution is 7.97. The molecule has 0 aliphatic carbocycles. The second kappa shape index (κ2) is 24.6. The minimum Gasteiger partial charge on any atom is -0.399 e. The lowest BCUT2D eigenvalue weighted by Gasteiger charge is -2.30. The van der Waals surface area contributed by atoms with Crippen LogP contribution in [0.25, 0.3) is 0 Å². The number of carbonyl (C=O) groups excluding carboxylic acids is 2. The Morgan fingerprint density at radius 3 is 2.02 bits per heavy atom. The monoisotopic (exact) mass is 701 g/mol. The predicted octanol–water partition coefficient (Wildman–Crippen LogP) is 6.59. The van der Waals surface area contributed by atoms with E-state index in [9.17, 15) is 23.5 Å². The fourth-order valence-electron chi connectivity index (χ4n) is 4.30. The van der Waals surface area contributed by atoms with Gasteiger partial charge in [0, 0.05) is 36.3 Å². The zero-order valence-electron chi connectivity index (χ0n) is 30.1. The Hall–Kier alpha value is -3.51. The first-order chi connectivity index (χ1) is 23.2. The molecule has 1 unspecified atom stereocenters. The maximum Gasteiger partial charge on any atom is 0.239 e. The van der Waals surface area contributed by atoms with Crippen molar-refractivity contribution >= 4 is 29.4 Å². The predicted molar refractivity (Wildman–Crippen MR) is 199 cm³/mol. The molecule has 272 valence electrons. The number of aliphatic hydroxyl groups excluding tert-OH is 1. The van der Waals surface area contributed by atoms with Gasteiger partial charge in [0.25, 0.3) is 0 Å². The molecule has 3 aromatic carbocycles. The van der Waals surface area contributed by atoms with Crippen molar-refractivity contribution in [2.24, 2.45) is 11.8 Å². The van der Waals surface area contributed by atoms with Gasteiger partial charge in [-0.15, -0.1) is 0 Å². The molecule has 6 N–H and O–H groups in total. The van der Waals surface area contributed by atoms with Crippen LogP contribution in [0, 0.1) is 23.5 Å². The van der Waals surface area contributed by atoms with Gasteiger partial charge in [-0.2, -0.15) is 0 Å². The second-order valence-electron chi connectivity index (χ2n) is 12.9. The summed E-state index contributed by atoms with van der Waals surface area (Å²) < 4.78 is 28.7. The van der Waals surface area contributed by atoms with E-state index in [-0.39, 0.29) is 26.2 Å². The Balaban J connectivity index is 0.00000157. The van der Waals surface area contributed by atoms with E-state index >= 15 is 0 Å². The van der Waals surface area contributed by atoms with Gasteiger partial charge in [0.05, 0.1) is 25.2 Å². The Morgan fingerprint density at radius 1 is 0.837 bits per heavy atom. The summed E-state index contributed by atoms with van der Waals surface area (Å²) in [4.78, 5) is 26.0. The van der Waals surface area contributed by atoms with Crippen LogP contribution in [-0.4, -0.2) is 59.6 Å². The van der Waals surface area contributed by atoms with Gasteiger partial charge in [0.1, 0.15) is 11.6 Å². The molecule has 0 radical (unpaired) electrons. The molecule has 3 rings (SSSR count). The number of aliphatic hydroxyl groups is 1. The number of hydrogen-bond acceptors (Lipinski definition) is 7. The minimum absolute atomic E-state index is 0.0834. The van der Waals surface area contributed by atoms with Crippen LogP contribution in [0.15, 0.2) is 77.7 Å². The van der Waals surface area contributed by atoms with Crippen molar-refractivity contribution in [3.63, 3.8) is 0 Å². The van der Waals surface area contributed by atoms with Crippen LogP contribution < -0.4 is 21.7 Å². The zero-order valence-corrected chi connectivity index (χ0v) is 31.0. The first kappa shape index (κ1) is 43.5. The van der Waals surface area contributed by atoms with Crippen molar-refractivity contribution in [3.8, 4) is 0 Å². The standard InChI is InChI=1S/C31H39F2N5O3S.C4H10.C3H8/c1-21(2)19-38(42-27-10-6-9-26(34)15-27)20-29(39)28(13-22-7-4-3-5-8-22)37-31(41)18-36-30(40)17-35-16-23-11-24(32)14-25(33)12-23;1-4(2)3;1-3-2/h3-12,14-15,21,28-29,35,39H,13,16-20,34H2,1-2H3,(H,36,40)(H,37,41);4H,1-3H3;3H2,1-2H3/t28-,29?;;/m0../s1. The molecule has 0 aromatic heterocycles.